The lowest BCUT2D eigenvalue weighted by Crippen LogP contribution is -2.37. The summed E-state index contributed by atoms with van der Waals surface area (Å²) in [5.41, 5.74) is -0.108. The van der Waals surface area contributed by atoms with Crippen LogP contribution >= 0.6 is 0 Å². The van der Waals surface area contributed by atoms with Crippen molar-refractivity contribution in [2.75, 3.05) is 6.54 Å². The summed E-state index contributed by atoms with van der Waals surface area (Å²) < 4.78 is 0. The van der Waals surface area contributed by atoms with Gasteiger partial charge in [-0.05, 0) is 5.92 Å². The predicted molar refractivity (Wildman–Crippen MR) is 57.0 cm³/mol. The molecule has 1 aliphatic heterocycles. The fraction of sp³-hybridized carbons (Fsp3) is 0.700. The molecule has 0 saturated heterocycles. The average molecular weight is 228 g/mol. The van der Waals surface area contributed by atoms with Crippen molar-refractivity contribution in [1.29, 1.82) is 0 Å². The maximum Gasteiger partial charge on any atom is 0.353 e. The van der Waals surface area contributed by atoms with Crippen LogP contribution in [0.2, 0.25) is 0 Å². The van der Waals surface area contributed by atoms with E-state index in [9.17, 15) is 9.59 Å². The lowest BCUT2D eigenvalue weighted by molar-refractivity contribution is -0.131. The third-order valence-electron chi connectivity index (χ3n) is 2.53. The summed E-state index contributed by atoms with van der Waals surface area (Å²) in [5, 5.41) is 14.7. The summed E-state index contributed by atoms with van der Waals surface area (Å²) in [7, 11) is 0. The topological polar surface area (TPSA) is 88.0 Å². The van der Waals surface area contributed by atoms with Gasteiger partial charge >= 0.3 is 5.97 Å². The number of rotatable bonds is 5. The smallest absolute Gasteiger partial charge is 0.353 e. The molecule has 6 nitrogen and oxygen atoms in total. The van der Waals surface area contributed by atoms with Crippen molar-refractivity contribution < 1.29 is 19.5 Å². The van der Waals surface area contributed by atoms with Gasteiger partial charge in [0, 0.05) is 13.0 Å². The number of aliphatic carboxylic acids is 1. The number of carbonyl (C=O) groups is 2. The van der Waals surface area contributed by atoms with E-state index < -0.39 is 12.1 Å². The summed E-state index contributed by atoms with van der Waals surface area (Å²) >= 11 is 0. The first-order valence-corrected chi connectivity index (χ1v) is 5.28. The molecule has 0 aromatic heterocycles. The lowest BCUT2D eigenvalue weighted by atomic mass is 10.1. The highest BCUT2D eigenvalue weighted by molar-refractivity contribution is 6.36. The average Bonchev–Trinajstić information content (AvgIpc) is 2.74. The van der Waals surface area contributed by atoms with Crippen molar-refractivity contribution in [3.63, 3.8) is 0 Å². The summed E-state index contributed by atoms with van der Waals surface area (Å²) in [6.07, 6.45) is 0.208. The zero-order valence-corrected chi connectivity index (χ0v) is 9.40. The molecule has 0 bridgehead atoms. The SMILES string of the molecule is CCC(C)CNC(=O)C1CC(C(=O)O)=NO1. The molecule has 1 heterocycles. The van der Waals surface area contributed by atoms with Gasteiger partial charge < -0.3 is 15.3 Å². The van der Waals surface area contributed by atoms with Crippen molar-refractivity contribution in [1.82, 2.24) is 5.32 Å². The molecule has 2 atom stereocenters. The van der Waals surface area contributed by atoms with Gasteiger partial charge in [0.1, 0.15) is 0 Å². The van der Waals surface area contributed by atoms with Gasteiger partial charge in [0.05, 0.1) is 0 Å². The molecule has 2 N–H and O–H groups in total. The lowest BCUT2D eigenvalue weighted by Gasteiger charge is -2.12. The fourth-order valence-corrected chi connectivity index (χ4v) is 1.18. The standard InChI is InChI=1S/C10H16N2O4/c1-3-6(2)5-11-9(13)8-4-7(10(14)15)12-16-8/h6,8H,3-5H2,1-2H3,(H,11,13)(H,14,15). The highest BCUT2D eigenvalue weighted by Gasteiger charge is 2.31. The molecule has 1 aliphatic rings. The number of carboxylic acid groups (broad SMARTS) is 1. The molecule has 1 rings (SSSR count). The van der Waals surface area contributed by atoms with Crippen LogP contribution in [0.4, 0.5) is 0 Å². The Hall–Kier alpha value is -1.59. The molecule has 0 spiro atoms. The van der Waals surface area contributed by atoms with E-state index >= 15 is 0 Å². The van der Waals surface area contributed by atoms with Crippen LogP contribution in [0.1, 0.15) is 26.7 Å². The molecule has 0 saturated carbocycles. The third kappa shape index (κ3) is 3.22. The summed E-state index contributed by atoms with van der Waals surface area (Å²) in [6, 6.07) is 0. The first-order chi connectivity index (χ1) is 7.54. The van der Waals surface area contributed by atoms with E-state index in [4.69, 9.17) is 9.94 Å². The minimum Gasteiger partial charge on any atom is -0.477 e. The van der Waals surface area contributed by atoms with Crippen LogP contribution in [0.5, 0.6) is 0 Å². The van der Waals surface area contributed by atoms with Gasteiger partial charge in [0.25, 0.3) is 5.91 Å². The van der Waals surface area contributed by atoms with Gasteiger partial charge in [0.2, 0.25) is 6.10 Å². The van der Waals surface area contributed by atoms with Crippen LogP contribution in [0, 0.1) is 5.92 Å². The Morgan fingerprint density at radius 1 is 1.69 bits per heavy atom. The number of amides is 1. The highest BCUT2D eigenvalue weighted by Crippen LogP contribution is 2.11. The zero-order chi connectivity index (χ0) is 12.1. The predicted octanol–water partition coefficient (Wildman–Crippen LogP) is 0.378. The van der Waals surface area contributed by atoms with Crippen molar-refractivity contribution in [2.24, 2.45) is 11.1 Å². The first kappa shape index (κ1) is 12.5. The highest BCUT2D eigenvalue weighted by atomic mass is 16.6. The molecule has 0 aromatic rings. The van der Waals surface area contributed by atoms with Crippen molar-refractivity contribution in [2.45, 2.75) is 32.8 Å². The van der Waals surface area contributed by atoms with E-state index in [1.54, 1.807) is 0 Å². The van der Waals surface area contributed by atoms with E-state index in [2.05, 4.69) is 10.5 Å². The second-order valence-electron chi connectivity index (χ2n) is 3.90. The van der Waals surface area contributed by atoms with Crippen LogP contribution < -0.4 is 5.32 Å². The molecule has 6 heteroatoms. The Bertz CT molecular complexity index is 314. The van der Waals surface area contributed by atoms with E-state index in [0.717, 1.165) is 6.42 Å². The number of hydrogen-bond donors (Lipinski definition) is 2. The zero-order valence-electron chi connectivity index (χ0n) is 9.40. The van der Waals surface area contributed by atoms with Gasteiger partial charge in [-0.15, -0.1) is 0 Å². The molecule has 16 heavy (non-hydrogen) atoms. The Morgan fingerprint density at radius 3 is 2.88 bits per heavy atom. The molecule has 0 aromatic carbocycles. The minimum absolute atomic E-state index is 0.0294. The van der Waals surface area contributed by atoms with Crippen molar-refractivity contribution in [3.8, 4) is 0 Å². The summed E-state index contributed by atoms with van der Waals surface area (Å²) in [4.78, 5) is 26.8. The van der Waals surface area contributed by atoms with Gasteiger partial charge in [-0.25, -0.2) is 4.79 Å². The Morgan fingerprint density at radius 2 is 2.38 bits per heavy atom. The number of nitrogens with one attached hydrogen (secondary N) is 1. The third-order valence-corrected chi connectivity index (χ3v) is 2.53. The largest absolute Gasteiger partial charge is 0.477 e. The number of nitrogens with zero attached hydrogens (tertiary/aromatic N) is 1. The van der Waals surface area contributed by atoms with Crippen LogP contribution in [-0.2, 0) is 14.4 Å². The van der Waals surface area contributed by atoms with E-state index in [0.29, 0.717) is 12.5 Å². The molecule has 1 amide bonds. The van der Waals surface area contributed by atoms with Crippen molar-refractivity contribution in [3.05, 3.63) is 0 Å². The Kier molecular flexibility index (Phi) is 4.28. The molecular weight excluding hydrogens is 212 g/mol. The maximum absolute atomic E-state index is 11.5. The van der Waals surface area contributed by atoms with Crippen molar-refractivity contribution >= 4 is 17.6 Å². The van der Waals surface area contributed by atoms with Gasteiger partial charge in [-0.2, -0.15) is 0 Å². The van der Waals surface area contributed by atoms with Crippen LogP contribution in [0.3, 0.4) is 0 Å². The summed E-state index contributed by atoms with van der Waals surface area (Å²) in [5.74, 6) is -1.05. The number of carboxylic acids is 1. The quantitative estimate of drug-likeness (QED) is 0.712. The molecule has 0 fully saturated rings. The van der Waals surface area contributed by atoms with Gasteiger partial charge in [0.15, 0.2) is 5.71 Å². The monoisotopic (exact) mass is 228 g/mol. The summed E-state index contributed by atoms with van der Waals surface area (Å²) in [6.45, 7) is 4.63. The van der Waals surface area contributed by atoms with Gasteiger partial charge in [-0.1, -0.05) is 25.4 Å². The Labute approximate surface area is 93.6 Å². The fourth-order valence-electron chi connectivity index (χ4n) is 1.18. The van der Waals surface area contributed by atoms with E-state index in [1.165, 1.54) is 0 Å². The normalized spacial score (nSPS) is 20.9. The van der Waals surface area contributed by atoms with Gasteiger partial charge in [-0.3, -0.25) is 4.79 Å². The molecule has 2 unspecified atom stereocenters. The minimum atomic E-state index is -1.14. The number of carbonyl (C=O) groups excluding carboxylic acids is 1. The molecule has 0 aliphatic carbocycles. The number of hydrogen-bond acceptors (Lipinski definition) is 4. The van der Waals surface area contributed by atoms with E-state index in [-0.39, 0.29) is 18.0 Å². The second kappa shape index (κ2) is 5.48. The maximum atomic E-state index is 11.5. The van der Waals surface area contributed by atoms with Crippen LogP contribution in [-0.4, -0.2) is 35.3 Å². The molecular formula is C10H16N2O4. The van der Waals surface area contributed by atoms with Crippen LogP contribution in [0.25, 0.3) is 0 Å². The number of oxime groups is 1. The van der Waals surface area contributed by atoms with Crippen LogP contribution in [0.15, 0.2) is 5.16 Å². The van der Waals surface area contributed by atoms with E-state index in [1.807, 2.05) is 13.8 Å². The molecule has 0 radical (unpaired) electrons. The Balaban J connectivity index is 2.33. The molecule has 90 valence electrons. The second-order valence-corrected chi connectivity index (χ2v) is 3.90. The first-order valence-electron chi connectivity index (χ1n) is 5.28.